The molecule has 1 aliphatic heterocycles. The van der Waals surface area contributed by atoms with Gasteiger partial charge in [-0.1, -0.05) is 32.9 Å². The Morgan fingerprint density at radius 1 is 1.53 bits per heavy atom. The summed E-state index contributed by atoms with van der Waals surface area (Å²) in [6.45, 7) is 6.63. The number of hydrogen-bond donors (Lipinski definition) is 2. The number of nitrogens with one attached hydrogen (secondary N) is 1. The molecule has 1 aliphatic rings. The van der Waals surface area contributed by atoms with Crippen molar-refractivity contribution in [2.45, 2.75) is 26.3 Å². The molecule has 0 saturated carbocycles. The summed E-state index contributed by atoms with van der Waals surface area (Å²) in [6.07, 6.45) is 6.74. The zero-order chi connectivity index (χ0) is 12.7. The average Bonchev–Trinajstić information content (AvgIpc) is 2.85. The number of aromatic nitrogens is 1. The first-order valence-corrected chi connectivity index (χ1v) is 5.71. The van der Waals surface area contributed by atoms with Crippen molar-refractivity contribution in [2.24, 2.45) is 5.41 Å². The largest absolute Gasteiger partial charge is 0.465 e. The average molecular weight is 234 g/mol. The molecule has 0 saturated heterocycles. The van der Waals surface area contributed by atoms with Crippen molar-refractivity contribution < 1.29 is 9.90 Å². The number of hydrogen-bond acceptors (Lipinski definition) is 1. The molecule has 92 valence electrons. The molecule has 17 heavy (non-hydrogen) atoms. The second-order valence-electron chi connectivity index (χ2n) is 5.41. The quantitative estimate of drug-likeness (QED) is 0.734. The van der Waals surface area contributed by atoms with Gasteiger partial charge in [0.15, 0.2) is 0 Å². The molecule has 0 radical (unpaired) electrons. The number of rotatable bonds is 1. The molecule has 1 atom stereocenters. The monoisotopic (exact) mass is 234 g/mol. The first kappa shape index (κ1) is 11.8. The number of nitrogens with zero attached hydrogens (tertiary/aromatic N) is 1. The Kier molecular flexibility index (Phi) is 2.53. The van der Waals surface area contributed by atoms with E-state index in [-0.39, 0.29) is 5.41 Å². The molecule has 4 heteroatoms. The molecule has 1 aromatic heterocycles. The highest BCUT2D eigenvalue weighted by atomic mass is 16.4. The summed E-state index contributed by atoms with van der Waals surface area (Å²) in [6, 6.07) is 1.94. The van der Waals surface area contributed by atoms with Crippen LogP contribution in [-0.4, -0.2) is 27.6 Å². The first-order chi connectivity index (χ1) is 7.89. The van der Waals surface area contributed by atoms with E-state index in [9.17, 15) is 9.90 Å². The van der Waals surface area contributed by atoms with E-state index < -0.39 is 11.6 Å². The van der Waals surface area contributed by atoms with Crippen LogP contribution < -0.4 is 0 Å². The summed E-state index contributed by atoms with van der Waals surface area (Å²) >= 11 is 0. The molecule has 0 bridgehead atoms. The van der Waals surface area contributed by atoms with Crippen LogP contribution in [0.25, 0.3) is 0 Å². The van der Waals surface area contributed by atoms with Gasteiger partial charge in [-0.2, -0.15) is 0 Å². The molecule has 1 unspecified atom stereocenters. The smallest absolute Gasteiger partial charge is 0.408 e. The van der Waals surface area contributed by atoms with Crippen molar-refractivity contribution in [3.8, 4) is 0 Å². The third-order valence-electron chi connectivity index (χ3n) is 3.49. The van der Waals surface area contributed by atoms with Gasteiger partial charge in [0.05, 0.1) is 5.54 Å². The summed E-state index contributed by atoms with van der Waals surface area (Å²) < 4.78 is 0. The van der Waals surface area contributed by atoms with Crippen molar-refractivity contribution in [1.82, 2.24) is 9.88 Å². The van der Waals surface area contributed by atoms with E-state index in [4.69, 9.17) is 0 Å². The molecule has 1 amide bonds. The standard InChI is InChI=1S/C13H18N2O2/c1-12(2,3)13(10-5-7-14-9-10)6-4-8-15(13)11(16)17/h4-7,9,14H,8H2,1-3H3,(H,16,17). The molecule has 0 fully saturated rings. The fourth-order valence-corrected chi connectivity index (χ4v) is 2.69. The van der Waals surface area contributed by atoms with Gasteiger partial charge < -0.3 is 10.1 Å². The maximum atomic E-state index is 11.4. The Bertz CT molecular complexity index is 442. The SMILES string of the molecule is CC(C)(C)C1(c2cc[nH]c2)C=CCN1C(=O)O. The third kappa shape index (κ3) is 1.55. The topological polar surface area (TPSA) is 56.3 Å². The molecular formula is C13H18N2O2. The molecule has 4 nitrogen and oxygen atoms in total. The lowest BCUT2D eigenvalue weighted by molar-refractivity contribution is 0.0502. The highest BCUT2D eigenvalue weighted by Gasteiger charge is 2.50. The summed E-state index contributed by atoms with van der Waals surface area (Å²) in [4.78, 5) is 15.9. The molecule has 0 aliphatic carbocycles. The molecule has 1 aromatic rings. The summed E-state index contributed by atoms with van der Waals surface area (Å²) in [5.74, 6) is 0. The first-order valence-electron chi connectivity index (χ1n) is 5.71. The Balaban J connectivity index is 2.59. The predicted octanol–water partition coefficient (Wildman–Crippen LogP) is 2.81. The van der Waals surface area contributed by atoms with Crippen molar-refractivity contribution in [3.63, 3.8) is 0 Å². The van der Waals surface area contributed by atoms with E-state index in [0.717, 1.165) is 5.56 Å². The van der Waals surface area contributed by atoms with E-state index in [1.165, 1.54) is 4.90 Å². The van der Waals surface area contributed by atoms with Crippen LogP contribution in [-0.2, 0) is 5.54 Å². The van der Waals surface area contributed by atoms with Crippen LogP contribution >= 0.6 is 0 Å². The minimum atomic E-state index is -0.883. The summed E-state index contributed by atoms with van der Waals surface area (Å²) in [5, 5.41) is 9.39. The minimum Gasteiger partial charge on any atom is -0.465 e. The lowest BCUT2D eigenvalue weighted by atomic mass is 9.70. The Hall–Kier alpha value is -1.71. The minimum absolute atomic E-state index is 0.208. The molecule has 2 N–H and O–H groups in total. The van der Waals surface area contributed by atoms with E-state index >= 15 is 0 Å². The number of carbonyl (C=O) groups is 1. The van der Waals surface area contributed by atoms with Gasteiger partial charge in [0.25, 0.3) is 0 Å². The highest BCUT2D eigenvalue weighted by Crippen LogP contribution is 2.47. The van der Waals surface area contributed by atoms with E-state index in [2.05, 4.69) is 25.8 Å². The van der Waals surface area contributed by atoms with E-state index in [1.54, 1.807) is 0 Å². The zero-order valence-corrected chi connectivity index (χ0v) is 10.4. The van der Waals surface area contributed by atoms with Gasteiger partial charge in [-0.15, -0.1) is 0 Å². The van der Waals surface area contributed by atoms with Gasteiger partial charge in [0, 0.05) is 18.9 Å². The zero-order valence-electron chi connectivity index (χ0n) is 10.4. The van der Waals surface area contributed by atoms with Gasteiger partial charge >= 0.3 is 6.09 Å². The lowest BCUT2D eigenvalue weighted by Gasteiger charge is -2.46. The van der Waals surface area contributed by atoms with Crippen LogP contribution in [0.4, 0.5) is 4.79 Å². The maximum absolute atomic E-state index is 11.4. The molecular weight excluding hydrogens is 216 g/mol. The summed E-state index contributed by atoms with van der Waals surface area (Å²) in [5.41, 5.74) is 0.195. The number of carboxylic acid groups (broad SMARTS) is 1. The molecule has 2 rings (SSSR count). The van der Waals surface area contributed by atoms with E-state index in [0.29, 0.717) is 6.54 Å². The van der Waals surface area contributed by atoms with Crippen LogP contribution in [0.2, 0.25) is 0 Å². The fraction of sp³-hybridized carbons (Fsp3) is 0.462. The fourth-order valence-electron chi connectivity index (χ4n) is 2.69. The van der Waals surface area contributed by atoms with Crippen molar-refractivity contribution in [2.75, 3.05) is 6.54 Å². The number of amides is 1. The molecule has 0 aromatic carbocycles. The van der Waals surface area contributed by atoms with Crippen LogP contribution in [0.5, 0.6) is 0 Å². The van der Waals surface area contributed by atoms with Gasteiger partial charge in [-0.3, -0.25) is 4.90 Å². The molecule has 2 heterocycles. The summed E-state index contributed by atoms with van der Waals surface area (Å²) in [7, 11) is 0. The van der Waals surface area contributed by atoms with Crippen molar-refractivity contribution in [1.29, 1.82) is 0 Å². The predicted molar refractivity (Wildman–Crippen MR) is 65.8 cm³/mol. The van der Waals surface area contributed by atoms with Crippen LogP contribution in [0.15, 0.2) is 30.6 Å². The second-order valence-corrected chi connectivity index (χ2v) is 5.41. The Morgan fingerprint density at radius 3 is 2.71 bits per heavy atom. The molecule has 0 spiro atoms. The second kappa shape index (κ2) is 3.65. The third-order valence-corrected chi connectivity index (χ3v) is 3.49. The lowest BCUT2D eigenvalue weighted by Crippen LogP contribution is -2.52. The number of aromatic amines is 1. The highest BCUT2D eigenvalue weighted by molar-refractivity contribution is 5.69. The van der Waals surface area contributed by atoms with Crippen molar-refractivity contribution >= 4 is 6.09 Å². The van der Waals surface area contributed by atoms with Gasteiger partial charge in [-0.05, 0) is 17.0 Å². The van der Waals surface area contributed by atoms with Crippen molar-refractivity contribution in [3.05, 3.63) is 36.2 Å². The maximum Gasteiger partial charge on any atom is 0.408 e. The van der Waals surface area contributed by atoms with Gasteiger partial charge in [-0.25, -0.2) is 4.79 Å². The number of H-pyrrole nitrogens is 1. The Morgan fingerprint density at radius 2 is 2.24 bits per heavy atom. The van der Waals surface area contributed by atoms with Crippen LogP contribution in [0.3, 0.4) is 0 Å². The van der Waals surface area contributed by atoms with E-state index in [1.807, 2.05) is 30.6 Å². The normalized spacial score (nSPS) is 24.3. The van der Waals surface area contributed by atoms with Crippen LogP contribution in [0, 0.1) is 5.41 Å². The van der Waals surface area contributed by atoms with Crippen LogP contribution in [0.1, 0.15) is 26.3 Å². The van der Waals surface area contributed by atoms with Gasteiger partial charge in [0.2, 0.25) is 0 Å². The Labute approximate surface area is 101 Å². The van der Waals surface area contributed by atoms with Gasteiger partial charge in [0.1, 0.15) is 0 Å².